The molecule has 0 unspecified atom stereocenters. The fraction of sp³-hybridized carbons (Fsp3) is 0.125. The molecule has 0 spiro atoms. The van der Waals surface area contributed by atoms with Crippen molar-refractivity contribution in [1.29, 1.82) is 0 Å². The quantitative estimate of drug-likeness (QED) is 0.820. The Labute approximate surface area is 82.2 Å². The van der Waals surface area contributed by atoms with Crippen molar-refractivity contribution in [2.75, 3.05) is 6.79 Å². The van der Waals surface area contributed by atoms with Crippen LogP contribution in [0.2, 0.25) is 0 Å². The number of hydrogen-bond acceptors (Lipinski definition) is 3. The first-order valence-electron chi connectivity index (χ1n) is 3.51. The van der Waals surface area contributed by atoms with E-state index in [1.54, 1.807) is 0 Å². The maximum absolute atomic E-state index is 10.6. The van der Waals surface area contributed by atoms with Gasteiger partial charge in [-0.3, -0.25) is 0 Å². The van der Waals surface area contributed by atoms with Gasteiger partial charge in [0.1, 0.15) is 0 Å². The topological polar surface area (TPSA) is 55.8 Å². The van der Waals surface area contributed by atoms with Crippen molar-refractivity contribution in [1.82, 2.24) is 0 Å². The Morgan fingerprint density at radius 1 is 1.46 bits per heavy atom. The molecule has 1 heterocycles. The third-order valence-corrected chi connectivity index (χ3v) is 2.26. The summed E-state index contributed by atoms with van der Waals surface area (Å²) in [6, 6.07) is 2.92. The summed E-state index contributed by atoms with van der Waals surface area (Å²) >= 11 is 3.20. The monoisotopic (exact) mass is 244 g/mol. The van der Waals surface area contributed by atoms with Crippen molar-refractivity contribution >= 4 is 21.9 Å². The molecule has 0 radical (unpaired) electrons. The van der Waals surface area contributed by atoms with Crippen LogP contribution in [0.25, 0.3) is 0 Å². The fourth-order valence-corrected chi connectivity index (χ4v) is 1.65. The molecule has 2 rings (SSSR count). The normalized spacial score (nSPS) is 13.0. The smallest absolute Gasteiger partial charge is 0.335 e. The van der Waals surface area contributed by atoms with Gasteiger partial charge in [0.15, 0.2) is 11.5 Å². The number of fused-ring (bicyclic) bond motifs is 1. The van der Waals surface area contributed by atoms with Gasteiger partial charge < -0.3 is 14.6 Å². The van der Waals surface area contributed by atoms with Crippen LogP contribution >= 0.6 is 15.9 Å². The molecule has 13 heavy (non-hydrogen) atoms. The van der Waals surface area contributed by atoms with Crippen molar-refractivity contribution in [3.63, 3.8) is 0 Å². The van der Waals surface area contributed by atoms with Gasteiger partial charge >= 0.3 is 5.97 Å². The van der Waals surface area contributed by atoms with E-state index in [1.165, 1.54) is 12.1 Å². The van der Waals surface area contributed by atoms with Gasteiger partial charge in [0, 0.05) is 0 Å². The van der Waals surface area contributed by atoms with Crippen molar-refractivity contribution in [3.8, 4) is 11.5 Å². The third kappa shape index (κ3) is 1.35. The minimum atomic E-state index is -0.987. The zero-order chi connectivity index (χ0) is 9.42. The lowest BCUT2D eigenvalue weighted by Gasteiger charge is -2.00. The van der Waals surface area contributed by atoms with Crippen LogP contribution in [0, 0.1) is 0 Å². The molecule has 1 N–H and O–H groups in total. The van der Waals surface area contributed by atoms with E-state index in [2.05, 4.69) is 15.9 Å². The van der Waals surface area contributed by atoms with Gasteiger partial charge in [0.2, 0.25) is 6.79 Å². The average molecular weight is 245 g/mol. The Balaban J connectivity index is 2.55. The highest BCUT2D eigenvalue weighted by Gasteiger charge is 2.19. The molecular weight excluding hydrogens is 240 g/mol. The predicted octanol–water partition coefficient (Wildman–Crippen LogP) is 1.88. The molecule has 0 aromatic heterocycles. The van der Waals surface area contributed by atoms with Crippen LogP contribution in [0.15, 0.2) is 16.6 Å². The first-order valence-corrected chi connectivity index (χ1v) is 4.30. The van der Waals surface area contributed by atoms with Crippen LogP contribution < -0.4 is 9.47 Å². The SMILES string of the molecule is O=C(O)c1cc(Br)c2c(c1)OCO2. The highest BCUT2D eigenvalue weighted by molar-refractivity contribution is 9.10. The number of ether oxygens (including phenoxy) is 2. The number of benzene rings is 1. The van der Waals surface area contributed by atoms with E-state index in [1.807, 2.05) is 0 Å². The molecule has 0 aliphatic carbocycles. The number of aromatic carboxylic acids is 1. The first kappa shape index (κ1) is 8.37. The van der Waals surface area contributed by atoms with Crippen LogP contribution in [-0.2, 0) is 0 Å². The molecule has 68 valence electrons. The minimum absolute atomic E-state index is 0.136. The minimum Gasteiger partial charge on any atom is -0.478 e. The number of carbonyl (C=O) groups is 1. The second-order valence-corrected chi connectivity index (χ2v) is 3.35. The number of carboxylic acid groups (broad SMARTS) is 1. The van der Waals surface area contributed by atoms with Crippen molar-refractivity contribution in [3.05, 3.63) is 22.2 Å². The molecule has 0 saturated carbocycles. The van der Waals surface area contributed by atoms with Gasteiger partial charge in [-0.05, 0) is 28.1 Å². The number of rotatable bonds is 1. The van der Waals surface area contributed by atoms with Crippen molar-refractivity contribution in [2.45, 2.75) is 0 Å². The molecule has 0 fully saturated rings. The lowest BCUT2D eigenvalue weighted by molar-refractivity contribution is 0.0696. The summed E-state index contributed by atoms with van der Waals surface area (Å²) in [6.45, 7) is 0.136. The number of carboxylic acids is 1. The summed E-state index contributed by atoms with van der Waals surface area (Å²) in [5, 5.41) is 8.72. The van der Waals surface area contributed by atoms with Gasteiger partial charge in [-0.2, -0.15) is 0 Å². The molecule has 0 saturated heterocycles. The van der Waals surface area contributed by atoms with E-state index in [-0.39, 0.29) is 12.4 Å². The molecule has 1 aromatic rings. The average Bonchev–Trinajstić information content (AvgIpc) is 2.51. The molecule has 1 aliphatic heterocycles. The van der Waals surface area contributed by atoms with Gasteiger partial charge in [-0.25, -0.2) is 4.79 Å². The summed E-state index contributed by atoms with van der Waals surface area (Å²) in [5.41, 5.74) is 0.177. The molecule has 0 amide bonds. The van der Waals surface area contributed by atoms with Gasteiger partial charge in [-0.15, -0.1) is 0 Å². The number of halogens is 1. The zero-order valence-electron chi connectivity index (χ0n) is 6.41. The Morgan fingerprint density at radius 3 is 2.92 bits per heavy atom. The maximum Gasteiger partial charge on any atom is 0.335 e. The third-order valence-electron chi connectivity index (χ3n) is 1.67. The number of hydrogen-bond donors (Lipinski definition) is 1. The van der Waals surface area contributed by atoms with Crippen LogP contribution in [0.4, 0.5) is 0 Å². The molecule has 0 atom stereocenters. The first-order chi connectivity index (χ1) is 6.18. The van der Waals surface area contributed by atoms with Crippen LogP contribution in [0.1, 0.15) is 10.4 Å². The van der Waals surface area contributed by atoms with E-state index in [4.69, 9.17) is 14.6 Å². The van der Waals surface area contributed by atoms with Crippen LogP contribution in [-0.4, -0.2) is 17.9 Å². The Morgan fingerprint density at radius 2 is 2.23 bits per heavy atom. The van der Waals surface area contributed by atoms with E-state index < -0.39 is 5.97 Å². The van der Waals surface area contributed by atoms with Crippen LogP contribution in [0.5, 0.6) is 11.5 Å². The van der Waals surface area contributed by atoms with Crippen molar-refractivity contribution in [2.24, 2.45) is 0 Å². The second kappa shape index (κ2) is 2.92. The summed E-state index contributed by atoms with van der Waals surface area (Å²) in [5.74, 6) is 0.0378. The van der Waals surface area contributed by atoms with Crippen LogP contribution in [0.3, 0.4) is 0 Å². The highest BCUT2D eigenvalue weighted by Crippen LogP contribution is 2.39. The Bertz CT molecular complexity index is 375. The molecule has 4 nitrogen and oxygen atoms in total. The summed E-state index contributed by atoms with van der Waals surface area (Å²) < 4.78 is 10.8. The molecule has 1 aliphatic rings. The highest BCUT2D eigenvalue weighted by atomic mass is 79.9. The lowest BCUT2D eigenvalue weighted by atomic mass is 10.2. The van der Waals surface area contributed by atoms with E-state index in [0.29, 0.717) is 16.0 Å². The van der Waals surface area contributed by atoms with E-state index >= 15 is 0 Å². The molecule has 1 aromatic carbocycles. The maximum atomic E-state index is 10.6. The van der Waals surface area contributed by atoms with Gasteiger partial charge in [0.25, 0.3) is 0 Å². The molecule has 0 bridgehead atoms. The summed E-state index contributed by atoms with van der Waals surface area (Å²) in [4.78, 5) is 10.6. The van der Waals surface area contributed by atoms with E-state index in [9.17, 15) is 4.79 Å². The summed E-state index contributed by atoms with van der Waals surface area (Å²) in [6.07, 6.45) is 0. The van der Waals surface area contributed by atoms with Gasteiger partial charge in [-0.1, -0.05) is 0 Å². The molecule has 5 heteroatoms. The molecular formula is C8H5BrO4. The largest absolute Gasteiger partial charge is 0.478 e. The van der Waals surface area contributed by atoms with Crippen molar-refractivity contribution < 1.29 is 19.4 Å². The predicted molar refractivity (Wildman–Crippen MR) is 47.2 cm³/mol. The summed E-state index contributed by atoms with van der Waals surface area (Å²) in [7, 11) is 0. The van der Waals surface area contributed by atoms with E-state index in [0.717, 1.165) is 0 Å². The Kier molecular flexibility index (Phi) is 1.88. The Hall–Kier alpha value is -1.23. The zero-order valence-corrected chi connectivity index (χ0v) is 8.00. The second-order valence-electron chi connectivity index (χ2n) is 2.50. The standard InChI is InChI=1S/C8H5BrO4/c9-5-1-4(8(10)11)2-6-7(5)13-3-12-6/h1-2H,3H2,(H,10,11). The van der Waals surface area contributed by atoms with Gasteiger partial charge in [0.05, 0.1) is 10.0 Å². The fourth-order valence-electron chi connectivity index (χ4n) is 1.09. The lowest BCUT2D eigenvalue weighted by Crippen LogP contribution is -1.95.